The second kappa shape index (κ2) is 8.07. The second-order valence-corrected chi connectivity index (χ2v) is 7.68. The minimum absolute atomic E-state index is 0.297. The van der Waals surface area contributed by atoms with Crippen molar-refractivity contribution in [3.8, 4) is 0 Å². The summed E-state index contributed by atoms with van der Waals surface area (Å²) in [5.41, 5.74) is 0. The van der Waals surface area contributed by atoms with Crippen molar-refractivity contribution in [1.82, 2.24) is 0 Å². The first kappa shape index (κ1) is 14.9. The molecule has 2 nitrogen and oxygen atoms in total. The smallest absolute Gasteiger partial charge is 0.322 e. The normalized spacial score (nSPS) is 14.4. The summed E-state index contributed by atoms with van der Waals surface area (Å²) in [7, 11) is -1.43. The Labute approximate surface area is 104 Å². The largest absolute Gasteiger partial charge is 0.394 e. The van der Waals surface area contributed by atoms with Crippen LogP contribution in [-0.4, -0.2) is 25.4 Å². The zero-order chi connectivity index (χ0) is 11.1. The maximum Gasteiger partial charge on any atom is 0.322 e. The first-order valence-corrected chi connectivity index (χ1v) is 8.41. The lowest BCUT2D eigenvalue weighted by atomic mass is 10.4. The predicted molar refractivity (Wildman–Crippen MR) is 72.5 cm³/mol. The quantitative estimate of drug-likeness (QED) is 0.405. The van der Waals surface area contributed by atoms with E-state index in [0.29, 0.717) is 16.1 Å². The van der Waals surface area contributed by atoms with Crippen LogP contribution in [0.5, 0.6) is 0 Å². The van der Waals surface area contributed by atoms with Crippen molar-refractivity contribution in [1.29, 1.82) is 0 Å². The molecular weight excluding hydrogens is 307 g/mol. The van der Waals surface area contributed by atoms with Gasteiger partial charge >= 0.3 is 9.28 Å². The highest BCUT2D eigenvalue weighted by Gasteiger charge is 2.20. The number of rotatable bonds is 7. The summed E-state index contributed by atoms with van der Waals surface area (Å²) < 4.78 is 12.4. The Hall–Kier alpha value is 0.867. The van der Waals surface area contributed by atoms with Gasteiger partial charge in [0.25, 0.3) is 0 Å². The Morgan fingerprint density at radius 2 is 1.50 bits per heavy atom. The second-order valence-electron chi connectivity index (χ2n) is 4.04. The first-order valence-electron chi connectivity index (χ1n) is 5.40. The van der Waals surface area contributed by atoms with Gasteiger partial charge in [0.15, 0.2) is 0 Å². The van der Waals surface area contributed by atoms with Gasteiger partial charge in [-0.05, 0) is 40.2 Å². The fourth-order valence-corrected chi connectivity index (χ4v) is 4.62. The van der Waals surface area contributed by atoms with E-state index in [1.807, 2.05) is 0 Å². The summed E-state index contributed by atoms with van der Waals surface area (Å²) in [5.74, 6) is 0. The van der Waals surface area contributed by atoms with Crippen LogP contribution in [0.25, 0.3) is 0 Å². The third-order valence-corrected chi connectivity index (χ3v) is 6.74. The van der Waals surface area contributed by atoms with Crippen LogP contribution in [0.2, 0.25) is 6.04 Å². The minimum Gasteiger partial charge on any atom is -0.394 e. The van der Waals surface area contributed by atoms with Gasteiger partial charge in [-0.3, -0.25) is 0 Å². The van der Waals surface area contributed by atoms with Gasteiger partial charge in [0, 0.05) is 16.1 Å². The SMILES string of the molecule is CCC(I)C[SiH](OC(C)C)OC(C)C. The van der Waals surface area contributed by atoms with E-state index in [2.05, 4.69) is 57.2 Å². The highest BCUT2D eigenvalue weighted by molar-refractivity contribution is 14.1. The molecule has 0 aliphatic heterocycles. The molecule has 4 heteroatoms. The molecule has 0 aliphatic carbocycles. The summed E-state index contributed by atoms with van der Waals surface area (Å²) in [6.45, 7) is 10.5. The fourth-order valence-electron chi connectivity index (χ4n) is 1.13. The molecule has 0 saturated heterocycles. The molecule has 0 aromatic rings. The molecule has 0 radical (unpaired) electrons. The first-order chi connectivity index (χ1) is 6.45. The molecule has 0 aromatic heterocycles. The van der Waals surface area contributed by atoms with E-state index >= 15 is 0 Å². The fraction of sp³-hybridized carbons (Fsp3) is 1.00. The van der Waals surface area contributed by atoms with Crippen molar-refractivity contribution in [3.05, 3.63) is 0 Å². The van der Waals surface area contributed by atoms with Crippen molar-refractivity contribution >= 4 is 31.9 Å². The molecule has 0 fully saturated rings. The van der Waals surface area contributed by atoms with E-state index < -0.39 is 9.28 Å². The molecule has 0 aliphatic rings. The van der Waals surface area contributed by atoms with Gasteiger partial charge in [-0.1, -0.05) is 29.5 Å². The lowest BCUT2D eigenvalue weighted by Crippen LogP contribution is -2.31. The number of halogens is 1. The Morgan fingerprint density at radius 3 is 1.79 bits per heavy atom. The maximum atomic E-state index is 5.85. The molecule has 0 aromatic carbocycles. The van der Waals surface area contributed by atoms with Crippen LogP contribution in [0.3, 0.4) is 0 Å². The number of hydrogen-bond acceptors (Lipinski definition) is 2. The minimum atomic E-state index is -1.43. The van der Waals surface area contributed by atoms with Crippen LogP contribution in [0, 0.1) is 0 Å². The van der Waals surface area contributed by atoms with E-state index in [1.165, 1.54) is 6.42 Å². The van der Waals surface area contributed by atoms with E-state index in [0.717, 1.165) is 6.04 Å². The maximum absolute atomic E-state index is 5.85. The summed E-state index contributed by atoms with van der Waals surface area (Å²) >= 11 is 2.49. The van der Waals surface area contributed by atoms with E-state index in [1.54, 1.807) is 0 Å². The van der Waals surface area contributed by atoms with Crippen molar-refractivity contribution < 1.29 is 8.85 Å². The lowest BCUT2D eigenvalue weighted by molar-refractivity contribution is 0.130. The molecule has 1 atom stereocenters. The summed E-state index contributed by atoms with van der Waals surface area (Å²) in [5, 5.41) is 0. The Kier molecular flexibility index (Phi) is 8.57. The van der Waals surface area contributed by atoms with Crippen LogP contribution in [0.15, 0.2) is 0 Å². The Balaban J connectivity index is 3.96. The van der Waals surface area contributed by atoms with Gasteiger partial charge in [0.05, 0.1) is 0 Å². The highest BCUT2D eigenvalue weighted by Crippen LogP contribution is 2.16. The molecule has 0 spiro atoms. The van der Waals surface area contributed by atoms with Crippen molar-refractivity contribution in [2.24, 2.45) is 0 Å². The summed E-state index contributed by atoms with van der Waals surface area (Å²) in [6, 6.07) is 1.12. The molecule has 0 saturated carbocycles. The molecule has 0 N–H and O–H groups in total. The summed E-state index contributed by atoms with van der Waals surface area (Å²) in [6.07, 6.45) is 1.80. The third-order valence-electron chi connectivity index (χ3n) is 1.74. The highest BCUT2D eigenvalue weighted by atomic mass is 127. The van der Waals surface area contributed by atoms with Gasteiger partial charge in [0.1, 0.15) is 0 Å². The van der Waals surface area contributed by atoms with E-state index in [-0.39, 0.29) is 0 Å². The standard InChI is InChI=1S/C10H23IO2Si/c1-6-10(11)7-14(12-8(2)3)13-9(4)5/h8-10,14H,6-7H2,1-5H3. The average Bonchev–Trinajstić information content (AvgIpc) is 2.01. The Morgan fingerprint density at radius 1 is 1.07 bits per heavy atom. The Bertz CT molecular complexity index is 132. The molecule has 0 heterocycles. The van der Waals surface area contributed by atoms with Crippen LogP contribution >= 0.6 is 22.6 Å². The molecule has 86 valence electrons. The van der Waals surface area contributed by atoms with Crippen LogP contribution < -0.4 is 0 Å². The molecule has 0 amide bonds. The zero-order valence-electron chi connectivity index (χ0n) is 9.92. The van der Waals surface area contributed by atoms with Crippen molar-refractivity contribution in [2.45, 2.75) is 63.2 Å². The van der Waals surface area contributed by atoms with Crippen molar-refractivity contribution in [3.63, 3.8) is 0 Å². The summed E-state index contributed by atoms with van der Waals surface area (Å²) in [4.78, 5) is 0. The van der Waals surface area contributed by atoms with Crippen molar-refractivity contribution in [2.75, 3.05) is 0 Å². The third kappa shape index (κ3) is 8.20. The predicted octanol–water partition coefficient (Wildman–Crippen LogP) is 3.27. The number of alkyl halides is 1. The molecule has 14 heavy (non-hydrogen) atoms. The van der Waals surface area contributed by atoms with Crippen LogP contribution in [0.1, 0.15) is 41.0 Å². The van der Waals surface area contributed by atoms with Crippen LogP contribution in [-0.2, 0) is 8.85 Å². The van der Waals surface area contributed by atoms with E-state index in [4.69, 9.17) is 8.85 Å². The average molecular weight is 330 g/mol. The zero-order valence-corrected chi connectivity index (χ0v) is 13.2. The monoisotopic (exact) mass is 330 g/mol. The van der Waals surface area contributed by atoms with Gasteiger partial charge in [-0.2, -0.15) is 0 Å². The van der Waals surface area contributed by atoms with Crippen LogP contribution in [0.4, 0.5) is 0 Å². The number of hydrogen-bond donors (Lipinski definition) is 0. The molecule has 0 rings (SSSR count). The van der Waals surface area contributed by atoms with Gasteiger partial charge in [-0.15, -0.1) is 0 Å². The van der Waals surface area contributed by atoms with Gasteiger partial charge in [0.2, 0.25) is 0 Å². The molecular formula is C10H23IO2Si. The van der Waals surface area contributed by atoms with Gasteiger partial charge < -0.3 is 8.85 Å². The molecule has 0 bridgehead atoms. The lowest BCUT2D eigenvalue weighted by Gasteiger charge is -2.23. The topological polar surface area (TPSA) is 18.5 Å². The molecule has 1 unspecified atom stereocenters. The van der Waals surface area contributed by atoms with E-state index in [9.17, 15) is 0 Å². The van der Waals surface area contributed by atoms with Gasteiger partial charge in [-0.25, -0.2) is 0 Å².